The molecule has 1 saturated carbocycles. The third-order valence-electron chi connectivity index (χ3n) is 4.41. The molecule has 128 valence electrons. The molecule has 0 bridgehead atoms. The molecule has 2 aromatic rings. The number of thiazole rings is 1. The summed E-state index contributed by atoms with van der Waals surface area (Å²) in [6.07, 6.45) is 3.15. The molecule has 0 amide bonds. The van der Waals surface area contributed by atoms with E-state index in [0.29, 0.717) is 32.2 Å². The van der Waals surface area contributed by atoms with Crippen LogP contribution in [0.2, 0.25) is 0 Å². The summed E-state index contributed by atoms with van der Waals surface area (Å²) in [5.41, 5.74) is 0.386. The van der Waals surface area contributed by atoms with Gasteiger partial charge in [0.25, 0.3) is 0 Å². The van der Waals surface area contributed by atoms with Gasteiger partial charge in [-0.25, -0.2) is 9.37 Å². The maximum absolute atomic E-state index is 14.7. The van der Waals surface area contributed by atoms with E-state index in [9.17, 15) is 9.18 Å². The minimum Gasteiger partial charge on any atom is -0.481 e. The quantitative estimate of drug-likeness (QED) is 0.837. The predicted molar refractivity (Wildman–Crippen MR) is 90.5 cm³/mol. The Bertz CT molecular complexity index is 684. The van der Waals surface area contributed by atoms with Crippen LogP contribution in [0.1, 0.15) is 31.4 Å². The van der Waals surface area contributed by atoms with Gasteiger partial charge in [0.1, 0.15) is 10.7 Å². The van der Waals surface area contributed by atoms with E-state index in [-0.39, 0.29) is 6.54 Å². The number of rotatable bonds is 6. The summed E-state index contributed by atoms with van der Waals surface area (Å²) in [5.74, 6) is -1.21. The van der Waals surface area contributed by atoms with E-state index >= 15 is 0 Å². The molecule has 24 heavy (non-hydrogen) atoms. The van der Waals surface area contributed by atoms with Gasteiger partial charge >= 0.3 is 5.97 Å². The molecule has 2 N–H and O–H groups in total. The van der Waals surface area contributed by atoms with Crippen LogP contribution in [-0.2, 0) is 11.3 Å². The van der Waals surface area contributed by atoms with Gasteiger partial charge in [-0.15, -0.1) is 11.3 Å². The zero-order chi connectivity index (χ0) is 17.0. The van der Waals surface area contributed by atoms with E-state index < -0.39 is 17.6 Å². The van der Waals surface area contributed by atoms with Crippen molar-refractivity contribution < 1.29 is 14.3 Å². The molecule has 0 radical (unpaired) electrons. The summed E-state index contributed by atoms with van der Waals surface area (Å²) < 4.78 is 14.7. The number of carboxylic acids is 1. The SMILES string of the molecule is O=C(O)C1CCC(F)(CNCc2csc(-c3ccccn3)n2)CC1. The highest BCUT2D eigenvalue weighted by molar-refractivity contribution is 7.13. The first kappa shape index (κ1) is 17.0. The number of nitrogens with zero attached hydrogens (tertiary/aromatic N) is 2. The van der Waals surface area contributed by atoms with E-state index in [0.717, 1.165) is 16.4 Å². The van der Waals surface area contributed by atoms with Crippen LogP contribution < -0.4 is 5.32 Å². The Labute approximate surface area is 144 Å². The summed E-state index contributed by atoms with van der Waals surface area (Å²) in [4.78, 5) is 19.7. The summed E-state index contributed by atoms with van der Waals surface area (Å²) in [5, 5.41) is 14.9. The normalized spacial score (nSPS) is 24.0. The van der Waals surface area contributed by atoms with E-state index in [1.807, 2.05) is 23.6 Å². The van der Waals surface area contributed by atoms with Crippen LogP contribution in [0.25, 0.3) is 10.7 Å². The number of carbonyl (C=O) groups is 1. The van der Waals surface area contributed by atoms with Crippen LogP contribution in [-0.4, -0.2) is 33.3 Å². The van der Waals surface area contributed by atoms with Crippen molar-refractivity contribution in [1.82, 2.24) is 15.3 Å². The van der Waals surface area contributed by atoms with Crippen molar-refractivity contribution in [3.63, 3.8) is 0 Å². The van der Waals surface area contributed by atoms with Gasteiger partial charge in [0.2, 0.25) is 0 Å². The Morgan fingerprint density at radius 3 is 2.88 bits per heavy atom. The second kappa shape index (κ2) is 7.36. The summed E-state index contributed by atoms with van der Waals surface area (Å²) in [6, 6.07) is 5.69. The fraction of sp³-hybridized carbons (Fsp3) is 0.471. The van der Waals surface area contributed by atoms with Gasteiger partial charge in [-0.2, -0.15) is 0 Å². The van der Waals surface area contributed by atoms with Crippen molar-refractivity contribution in [3.05, 3.63) is 35.5 Å². The lowest BCUT2D eigenvalue weighted by molar-refractivity contribution is -0.143. The average molecular weight is 349 g/mol. The first-order valence-corrected chi connectivity index (χ1v) is 8.92. The number of carboxylic acid groups (broad SMARTS) is 1. The molecule has 1 aliphatic carbocycles. The van der Waals surface area contributed by atoms with Gasteiger partial charge in [-0.05, 0) is 37.8 Å². The minimum absolute atomic E-state index is 0.232. The van der Waals surface area contributed by atoms with E-state index in [4.69, 9.17) is 5.11 Å². The van der Waals surface area contributed by atoms with Crippen molar-refractivity contribution in [3.8, 4) is 10.7 Å². The Hall–Kier alpha value is -1.86. The number of aromatic nitrogens is 2. The van der Waals surface area contributed by atoms with Crippen molar-refractivity contribution in [2.24, 2.45) is 5.92 Å². The number of nitrogens with one attached hydrogen (secondary N) is 1. The molecule has 5 nitrogen and oxygen atoms in total. The van der Waals surface area contributed by atoms with Crippen molar-refractivity contribution in [2.45, 2.75) is 37.9 Å². The van der Waals surface area contributed by atoms with E-state index in [1.54, 1.807) is 6.20 Å². The molecule has 0 atom stereocenters. The van der Waals surface area contributed by atoms with Crippen LogP contribution >= 0.6 is 11.3 Å². The lowest BCUT2D eigenvalue weighted by atomic mass is 9.80. The molecule has 7 heteroatoms. The maximum Gasteiger partial charge on any atom is 0.306 e. The summed E-state index contributed by atoms with van der Waals surface area (Å²) in [7, 11) is 0. The van der Waals surface area contributed by atoms with Gasteiger partial charge in [0.15, 0.2) is 0 Å². The molecule has 0 aromatic carbocycles. The molecule has 1 fully saturated rings. The van der Waals surface area contributed by atoms with E-state index in [2.05, 4.69) is 15.3 Å². The van der Waals surface area contributed by atoms with Gasteiger partial charge < -0.3 is 10.4 Å². The Kier molecular flexibility index (Phi) is 5.20. The largest absolute Gasteiger partial charge is 0.481 e. The molecular weight excluding hydrogens is 329 g/mol. The van der Waals surface area contributed by atoms with Gasteiger partial charge in [-0.3, -0.25) is 9.78 Å². The van der Waals surface area contributed by atoms with Crippen LogP contribution in [0.3, 0.4) is 0 Å². The predicted octanol–water partition coefficient (Wildman–Crippen LogP) is 3.28. The van der Waals surface area contributed by atoms with Crippen molar-refractivity contribution in [1.29, 1.82) is 0 Å². The van der Waals surface area contributed by atoms with Crippen LogP contribution in [0, 0.1) is 5.92 Å². The Morgan fingerprint density at radius 1 is 1.42 bits per heavy atom. The Balaban J connectivity index is 1.49. The van der Waals surface area contributed by atoms with Gasteiger partial charge in [-0.1, -0.05) is 6.07 Å². The zero-order valence-electron chi connectivity index (χ0n) is 13.2. The topological polar surface area (TPSA) is 75.1 Å². The Morgan fingerprint density at radius 2 is 2.21 bits per heavy atom. The number of pyridine rings is 1. The van der Waals surface area contributed by atoms with Crippen LogP contribution in [0.15, 0.2) is 29.8 Å². The third-order valence-corrected chi connectivity index (χ3v) is 5.33. The van der Waals surface area contributed by atoms with E-state index in [1.165, 1.54) is 11.3 Å². The highest BCUT2D eigenvalue weighted by atomic mass is 32.1. The third kappa shape index (κ3) is 4.15. The van der Waals surface area contributed by atoms with Gasteiger partial charge in [0.05, 0.1) is 17.3 Å². The summed E-state index contributed by atoms with van der Waals surface area (Å²) in [6.45, 7) is 0.729. The number of hydrogen-bond donors (Lipinski definition) is 2. The number of hydrogen-bond acceptors (Lipinski definition) is 5. The van der Waals surface area contributed by atoms with Gasteiger partial charge in [0, 0.05) is 24.7 Å². The number of aliphatic carboxylic acids is 1. The lowest BCUT2D eigenvalue weighted by Gasteiger charge is -2.32. The molecule has 0 spiro atoms. The molecule has 1 aliphatic rings. The van der Waals surface area contributed by atoms with Crippen molar-refractivity contribution in [2.75, 3.05) is 6.54 Å². The first-order chi connectivity index (χ1) is 11.6. The molecular formula is C17H20FN3O2S. The smallest absolute Gasteiger partial charge is 0.306 e. The minimum atomic E-state index is -1.31. The monoisotopic (exact) mass is 349 g/mol. The van der Waals surface area contributed by atoms with Crippen molar-refractivity contribution >= 4 is 17.3 Å². The maximum atomic E-state index is 14.7. The molecule has 0 aliphatic heterocycles. The fourth-order valence-corrected chi connectivity index (χ4v) is 3.76. The standard InChI is InChI=1S/C17H20FN3O2S/c18-17(6-4-12(5-7-17)16(22)23)11-19-9-13-10-24-15(21-13)14-3-1-2-8-20-14/h1-3,8,10,12,19H,4-7,9,11H2,(H,22,23). The second-order valence-electron chi connectivity index (χ2n) is 6.23. The highest BCUT2D eigenvalue weighted by Crippen LogP contribution is 2.35. The van der Waals surface area contributed by atoms with Crippen LogP contribution in [0.5, 0.6) is 0 Å². The number of alkyl halides is 1. The molecule has 2 heterocycles. The fourth-order valence-electron chi connectivity index (χ4n) is 2.97. The molecule has 3 rings (SSSR count). The lowest BCUT2D eigenvalue weighted by Crippen LogP contribution is -2.40. The first-order valence-electron chi connectivity index (χ1n) is 8.04. The average Bonchev–Trinajstić information content (AvgIpc) is 3.05. The second-order valence-corrected chi connectivity index (χ2v) is 7.08. The van der Waals surface area contributed by atoms with Crippen LogP contribution in [0.4, 0.5) is 4.39 Å². The molecule has 2 aromatic heterocycles. The summed E-state index contributed by atoms with van der Waals surface area (Å²) >= 11 is 1.52. The highest BCUT2D eigenvalue weighted by Gasteiger charge is 2.37. The number of halogens is 1. The zero-order valence-corrected chi connectivity index (χ0v) is 14.1. The molecule has 0 saturated heterocycles. The molecule has 0 unspecified atom stereocenters.